The average molecular weight is 378 g/mol. The second-order valence-electron chi connectivity index (χ2n) is 6.46. The Morgan fingerprint density at radius 1 is 1.23 bits per heavy atom. The highest BCUT2D eigenvalue weighted by atomic mass is 32.1. The summed E-state index contributed by atoms with van der Waals surface area (Å²) in [6, 6.07) is 4.05. The third kappa shape index (κ3) is 3.62. The number of nitrogens with one attached hydrogen (secondary N) is 1. The molecule has 0 radical (unpaired) electrons. The molecule has 1 aromatic heterocycles. The number of anilines is 1. The minimum absolute atomic E-state index is 0.184. The zero-order valence-electron chi connectivity index (χ0n) is 14.7. The van der Waals surface area contributed by atoms with E-state index in [-0.39, 0.29) is 6.10 Å². The number of thiazole rings is 1. The van der Waals surface area contributed by atoms with E-state index >= 15 is 0 Å². The van der Waals surface area contributed by atoms with E-state index in [9.17, 15) is 4.79 Å². The maximum absolute atomic E-state index is 12.1. The van der Waals surface area contributed by atoms with Crippen molar-refractivity contribution in [1.82, 2.24) is 4.98 Å². The Morgan fingerprint density at radius 3 is 2.77 bits per heavy atom. The number of hydrogen-bond donors (Lipinski definition) is 1. The number of methoxy groups -OCH3 is 1. The second-order valence-corrected chi connectivity index (χ2v) is 7.46. The van der Waals surface area contributed by atoms with Crippen molar-refractivity contribution in [2.24, 2.45) is 0 Å². The monoisotopic (exact) mass is 378 g/mol. The van der Waals surface area contributed by atoms with E-state index in [1.165, 1.54) is 16.9 Å². The zero-order chi connectivity index (χ0) is 17.9. The van der Waals surface area contributed by atoms with Gasteiger partial charge in [0.2, 0.25) is 0 Å². The molecular formula is C18H22N2O5S. The first-order valence-electron chi connectivity index (χ1n) is 8.85. The Balaban J connectivity index is 1.58. The lowest BCUT2D eigenvalue weighted by molar-refractivity contribution is 0.0856. The van der Waals surface area contributed by atoms with E-state index in [0.29, 0.717) is 30.0 Å². The second kappa shape index (κ2) is 7.77. The summed E-state index contributed by atoms with van der Waals surface area (Å²) >= 11 is 1.46. The Morgan fingerprint density at radius 2 is 2.04 bits per heavy atom. The smallest absolute Gasteiger partial charge is 0.413 e. The van der Waals surface area contributed by atoms with Gasteiger partial charge in [0, 0.05) is 19.6 Å². The first-order valence-corrected chi connectivity index (χ1v) is 9.67. The lowest BCUT2D eigenvalue weighted by Crippen LogP contribution is -2.22. The molecule has 2 aliphatic rings. The van der Waals surface area contributed by atoms with Gasteiger partial charge in [-0.15, -0.1) is 0 Å². The normalized spacial score (nSPS) is 21.0. The Hall–Kier alpha value is -1.90. The van der Waals surface area contributed by atoms with Crippen LogP contribution in [0, 0.1) is 0 Å². The minimum Gasteiger partial charge on any atom is -0.494 e. The summed E-state index contributed by atoms with van der Waals surface area (Å²) in [5.74, 6) is 1.14. The standard InChI is InChI=1S/C18H22N2O5S/c1-22-14-3-2-13(11-4-7-23-8-5-11)16-15(14)19-17(26-16)20-18(21)25-12-6-9-24-10-12/h2-3,11-12H,4-10H2,1H3,(H,19,20,21). The van der Waals surface area contributed by atoms with Crippen LogP contribution in [0.25, 0.3) is 10.2 Å². The molecule has 3 heterocycles. The van der Waals surface area contributed by atoms with Gasteiger partial charge in [-0.2, -0.15) is 0 Å². The van der Waals surface area contributed by atoms with E-state index in [0.717, 1.165) is 42.7 Å². The van der Waals surface area contributed by atoms with E-state index in [4.69, 9.17) is 18.9 Å². The quantitative estimate of drug-likeness (QED) is 0.877. The van der Waals surface area contributed by atoms with Crippen LogP contribution in [0.4, 0.5) is 9.93 Å². The van der Waals surface area contributed by atoms with Gasteiger partial charge in [0.05, 0.1) is 25.0 Å². The van der Waals surface area contributed by atoms with Gasteiger partial charge in [-0.05, 0) is 30.4 Å². The van der Waals surface area contributed by atoms with Gasteiger partial charge in [0.1, 0.15) is 17.4 Å². The highest BCUT2D eigenvalue weighted by Gasteiger charge is 2.24. The van der Waals surface area contributed by atoms with Crippen LogP contribution in [0.2, 0.25) is 0 Å². The summed E-state index contributed by atoms with van der Waals surface area (Å²) in [5.41, 5.74) is 2.02. The summed E-state index contributed by atoms with van der Waals surface area (Å²) in [6.07, 6.45) is 2.04. The summed E-state index contributed by atoms with van der Waals surface area (Å²) < 4.78 is 22.6. The van der Waals surface area contributed by atoms with Crippen LogP contribution < -0.4 is 10.1 Å². The van der Waals surface area contributed by atoms with Gasteiger partial charge in [0.15, 0.2) is 5.13 Å². The molecule has 0 saturated carbocycles. The van der Waals surface area contributed by atoms with Crippen molar-refractivity contribution in [3.63, 3.8) is 0 Å². The van der Waals surface area contributed by atoms with Crippen LogP contribution in [-0.2, 0) is 14.2 Å². The predicted molar refractivity (Wildman–Crippen MR) is 98.3 cm³/mol. The summed E-state index contributed by atoms with van der Waals surface area (Å²) in [4.78, 5) is 16.7. The fourth-order valence-corrected chi connectivity index (χ4v) is 4.49. The van der Waals surface area contributed by atoms with Gasteiger partial charge < -0.3 is 18.9 Å². The molecule has 2 aromatic rings. The molecule has 1 N–H and O–H groups in total. The van der Waals surface area contributed by atoms with Crippen LogP contribution in [0.15, 0.2) is 12.1 Å². The number of fused-ring (bicyclic) bond motifs is 1. The number of carbonyl (C=O) groups excluding carboxylic acids is 1. The van der Waals surface area contributed by atoms with Crippen molar-refractivity contribution < 1.29 is 23.7 Å². The number of benzene rings is 1. The Kier molecular flexibility index (Phi) is 5.23. The van der Waals surface area contributed by atoms with Crippen molar-refractivity contribution in [2.45, 2.75) is 31.3 Å². The van der Waals surface area contributed by atoms with E-state index in [1.54, 1.807) is 7.11 Å². The van der Waals surface area contributed by atoms with Crippen LogP contribution in [-0.4, -0.2) is 50.7 Å². The number of nitrogens with zero attached hydrogens (tertiary/aromatic N) is 1. The van der Waals surface area contributed by atoms with Crippen LogP contribution >= 0.6 is 11.3 Å². The Bertz CT molecular complexity index is 781. The van der Waals surface area contributed by atoms with Crippen molar-refractivity contribution >= 4 is 32.8 Å². The first kappa shape index (κ1) is 17.5. The molecule has 26 heavy (non-hydrogen) atoms. The molecule has 1 amide bonds. The van der Waals surface area contributed by atoms with Gasteiger partial charge >= 0.3 is 6.09 Å². The third-order valence-electron chi connectivity index (χ3n) is 4.79. The molecule has 140 valence electrons. The molecule has 2 aliphatic heterocycles. The molecule has 8 heteroatoms. The SMILES string of the molecule is COc1ccc(C2CCOCC2)c2sc(NC(=O)OC3CCOC3)nc12. The maximum Gasteiger partial charge on any atom is 0.413 e. The fourth-order valence-electron chi connectivity index (χ4n) is 3.43. The highest BCUT2D eigenvalue weighted by Crippen LogP contribution is 2.40. The predicted octanol–water partition coefficient (Wildman–Crippen LogP) is 3.54. The number of rotatable bonds is 4. The van der Waals surface area contributed by atoms with Crippen molar-refractivity contribution in [2.75, 3.05) is 38.9 Å². The van der Waals surface area contributed by atoms with Gasteiger partial charge in [0.25, 0.3) is 0 Å². The molecule has 2 fully saturated rings. The highest BCUT2D eigenvalue weighted by molar-refractivity contribution is 7.22. The molecule has 1 aromatic carbocycles. The van der Waals surface area contributed by atoms with Gasteiger partial charge in [-0.1, -0.05) is 17.4 Å². The van der Waals surface area contributed by atoms with E-state index in [2.05, 4.69) is 16.4 Å². The molecule has 1 unspecified atom stereocenters. The van der Waals surface area contributed by atoms with Gasteiger partial charge in [-0.3, -0.25) is 5.32 Å². The minimum atomic E-state index is -0.494. The van der Waals surface area contributed by atoms with Crippen molar-refractivity contribution in [1.29, 1.82) is 0 Å². The van der Waals surface area contributed by atoms with Crippen LogP contribution in [0.3, 0.4) is 0 Å². The number of carbonyl (C=O) groups is 1. The van der Waals surface area contributed by atoms with E-state index < -0.39 is 6.09 Å². The molecule has 1 atom stereocenters. The molecule has 2 saturated heterocycles. The van der Waals surface area contributed by atoms with Crippen LogP contribution in [0.1, 0.15) is 30.7 Å². The lowest BCUT2D eigenvalue weighted by Gasteiger charge is -2.23. The summed E-state index contributed by atoms with van der Waals surface area (Å²) in [7, 11) is 1.63. The number of ether oxygens (including phenoxy) is 4. The topological polar surface area (TPSA) is 78.9 Å². The van der Waals surface area contributed by atoms with Crippen molar-refractivity contribution in [3.05, 3.63) is 17.7 Å². The third-order valence-corrected chi connectivity index (χ3v) is 5.81. The largest absolute Gasteiger partial charge is 0.494 e. The first-order chi connectivity index (χ1) is 12.7. The summed E-state index contributed by atoms with van der Waals surface area (Å²) in [6.45, 7) is 2.63. The number of hydrogen-bond acceptors (Lipinski definition) is 7. The van der Waals surface area contributed by atoms with Gasteiger partial charge in [-0.25, -0.2) is 9.78 Å². The van der Waals surface area contributed by atoms with Crippen LogP contribution in [0.5, 0.6) is 5.75 Å². The zero-order valence-corrected chi connectivity index (χ0v) is 15.5. The molecule has 4 rings (SSSR count). The molecule has 0 aliphatic carbocycles. The summed E-state index contributed by atoms with van der Waals surface area (Å²) in [5, 5.41) is 3.27. The molecule has 7 nitrogen and oxygen atoms in total. The Labute approximate surface area is 155 Å². The lowest BCUT2D eigenvalue weighted by atomic mass is 9.91. The molecular weight excluding hydrogens is 356 g/mol. The average Bonchev–Trinajstić information content (AvgIpc) is 3.31. The molecule has 0 spiro atoms. The number of aromatic nitrogens is 1. The number of amides is 1. The van der Waals surface area contributed by atoms with E-state index in [1.807, 2.05) is 6.07 Å². The molecule has 0 bridgehead atoms. The fraction of sp³-hybridized carbons (Fsp3) is 0.556. The maximum atomic E-state index is 12.1. The van der Waals surface area contributed by atoms with Crippen molar-refractivity contribution in [3.8, 4) is 5.75 Å².